The predicted molar refractivity (Wildman–Crippen MR) is 78.1 cm³/mol. The molecule has 4 aliphatic rings. The lowest BCUT2D eigenvalue weighted by molar-refractivity contribution is -0.143. The minimum Gasteiger partial charge on any atom is -0.444 e. The summed E-state index contributed by atoms with van der Waals surface area (Å²) >= 11 is 3.11. The fraction of sp³-hybridized carbons (Fsp3) is 0.400. The molecule has 0 aromatic carbocycles. The van der Waals surface area contributed by atoms with Crippen molar-refractivity contribution >= 4 is 33.7 Å². The summed E-state index contributed by atoms with van der Waals surface area (Å²) in [5.41, 5.74) is 2.39. The molecule has 0 radical (unpaired) electrons. The highest BCUT2D eigenvalue weighted by Gasteiger charge is 2.57. The quantitative estimate of drug-likeness (QED) is 0.641. The van der Waals surface area contributed by atoms with Gasteiger partial charge in [-0.3, -0.25) is 19.8 Å². The van der Waals surface area contributed by atoms with Crippen molar-refractivity contribution in [3.63, 3.8) is 0 Å². The number of nitrogens with one attached hydrogen (secondary N) is 1. The molecule has 5 rings (SSSR count). The standard InChI is InChI=1S/C15H13BrN2O4/c16-10-6-5-9(22-10)13(19)17-18-14(20)11-7-1-2-8(4-3-7)12(11)15(18)21/h1-2,5-8,11-12H,3-4H2,(H,17,19)/t7-,8-,11+,12+/m1/s1. The second kappa shape index (κ2) is 4.81. The number of hydrazine groups is 1. The van der Waals surface area contributed by atoms with Crippen LogP contribution in [0.2, 0.25) is 0 Å². The van der Waals surface area contributed by atoms with Gasteiger partial charge in [-0.05, 0) is 52.7 Å². The molecule has 1 N–H and O–H groups in total. The molecular weight excluding hydrogens is 352 g/mol. The summed E-state index contributed by atoms with van der Waals surface area (Å²) in [7, 11) is 0. The molecule has 2 fully saturated rings. The Hall–Kier alpha value is -1.89. The van der Waals surface area contributed by atoms with Gasteiger partial charge in [0.15, 0.2) is 10.4 Å². The van der Waals surface area contributed by atoms with E-state index in [1.165, 1.54) is 6.07 Å². The van der Waals surface area contributed by atoms with Crippen LogP contribution in [0, 0.1) is 23.7 Å². The molecule has 4 atom stereocenters. The van der Waals surface area contributed by atoms with Gasteiger partial charge in [-0.1, -0.05) is 12.2 Å². The van der Waals surface area contributed by atoms with E-state index < -0.39 is 5.91 Å². The van der Waals surface area contributed by atoms with E-state index in [1.54, 1.807) is 6.07 Å². The Morgan fingerprint density at radius 2 is 1.73 bits per heavy atom. The molecule has 0 unspecified atom stereocenters. The molecule has 114 valence electrons. The van der Waals surface area contributed by atoms with Gasteiger partial charge >= 0.3 is 5.91 Å². The number of fused-ring (bicyclic) bond motifs is 1. The number of nitrogens with zero attached hydrogens (tertiary/aromatic N) is 1. The molecule has 2 bridgehead atoms. The zero-order valence-electron chi connectivity index (χ0n) is 11.5. The highest BCUT2D eigenvalue weighted by atomic mass is 79.9. The van der Waals surface area contributed by atoms with Gasteiger partial charge in [0.2, 0.25) is 0 Å². The maximum Gasteiger partial charge on any atom is 0.306 e. The number of halogens is 1. The number of allylic oxidation sites excluding steroid dienone is 2. The molecule has 1 aliphatic heterocycles. The predicted octanol–water partition coefficient (Wildman–Crippen LogP) is 1.88. The fourth-order valence-electron chi connectivity index (χ4n) is 3.78. The molecular formula is C15H13BrN2O4. The molecule has 0 spiro atoms. The number of carbonyl (C=O) groups is 3. The van der Waals surface area contributed by atoms with Gasteiger partial charge in [-0.15, -0.1) is 0 Å². The van der Waals surface area contributed by atoms with Crippen LogP contribution in [0.5, 0.6) is 0 Å². The molecule has 22 heavy (non-hydrogen) atoms. The normalized spacial score (nSPS) is 32.5. The van der Waals surface area contributed by atoms with Crippen LogP contribution in [0.15, 0.2) is 33.4 Å². The Bertz CT molecular complexity index is 678. The van der Waals surface area contributed by atoms with Crippen LogP contribution >= 0.6 is 15.9 Å². The largest absolute Gasteiger partial charge is 0.444 e. The Balaban J connectivity index is 1.58. The number of amides is 3. The number of hydrogen-bond acceptors (Lipinski definition) is 4. The summed E-state index contributed by atoms with van der Waals surface area (Å²) in [6.07, 6.45) is 5.92. The SMILES string of the molecule is O=C(NN1C(=O)[C@@H]2[C@@H](C1=O)[C@@H]1C=C[C@@H]2CC1)c1ccc(Br)o1. The van der Waals surface area contributed by atoms with Crippen LogP contribution < -0.4 is 5.43 Å². The molecule has 7 heteroatoms. The summed E-state index contributed by atoms with van der Waals surface area (Å²) in [6.45, 7) is 0. The molecule has 1 saturated carbocycles. The van der Waals surface area contributed by atoms with Crippen LogP contribution in [0.1, 0.15) is 23.4 Å². The molecule has 1 aromatic rings. The lowest BCUT2D eigenvalue weighted by Crippen LogP contribution is -2.46. The molecule has 6 nitrogen and oxygen atoms in total. The molecule has 2 heterocycles. The zero-order chi connectivity index (χ0) is 15.4. The lowest BCUT2D eigenvalue weighted by Gasteiger charge is -2.37. The maximum atomic E-state index is 12.5. The van der Waals surface area contributed by atoms with Gasteiger partial charge in [-0.25, -0.2) is 0 Å². The van der Waals surface area contributed by atoms with Gasteiger partial charge in [0.05, 0.1) is 11.8 Å². The van der Waals surface area contributed by atoms with Crippen LogP contribution in [-0.4, -0.2) is 22.7 Å². The summed E-state index contributed by atoms with van der Waals surface area (Å²) in [6, 6.07) is 3.05. The number of carbonyl (C=O) groups excluding carboxylic acids is 3. The maximum absolute atomic E-state index is 12.5. The summed E-state index contributed by atoms with van der Waals surface area (Å²) < 4.78 is 5.55. The second-order valence-electron chi connectivity index (χ2n) is 5.90. The van der Waals surface area contributed by atoms with E-state index in [4.69, 9.17) is 4.42 Å². The molecule has 3 aliphatic carbocycles. The van der Waals surface area contributed by atoms with Crippen molar-refractivity contribution in [3.8, 4) is 0 Å². The first kappa shape index (κ1) is 13.8. The zero-order valence-corrected chi connectivity index (χ0v) is 13.1. The van der Waals surface area contributed by atoms with E-state index in [2.05, 4.69) is 21.4 Å². The third-order valence-corrected chi connectivity index (χ3v) is 5.20. The van der Waals surface area contributed by atoms with Gasteiger partial charge < -0.3 is 4.42 Å². The van der Waals surface area contributed by atoms with Crippen molar-refractivity contribution in [1.82, 2.24) is 10.4 Å². The average Bonchev–Trinajstić information content (AvgIpc) is 3.07. The average molecular weight is 365 g/mol. The number of hydrogen-bond donors (Lipinski definition) is 1. The Morgan fingerprint density at radius 3 is 2.18 bits per heavy atom. The topological polar surface area (TPSA) is 79.6 Å². The first-order valence-corrected chi connectivity index (χ1v) is 7.98. The van der Waals surface area contributed by atoms with E-state index in [0.717, 1.165) is 17.9 Å². The summed E-state index contributed by atoms with van der Waals surface area (Å²) in [4.78, 5) is 37.2. The van der Waals surface area contributed by atoms with Crippen molar-refractivity contribution in [2.75, 3.05) is 0 Å². The van der Waals surface area contributed by atoms with E-state index in [1.807, 2.05) is 12.2 Å². The minimum absolute atomic E-state index is 0.0449. The van der Waals surface area contributed by atoms with Gasteiger partial charge in [0.1, 0.15) is 0 Å². The molecule has 1 saturated heterocycles. The molecule has 3 amide bonds. The minimum atomic E-state index is -0.605. The van der Waals surface area contributed by atoms with E-state index in [-0.39, 0.29) is 41.2 Å². The summed E-state index contributed by atoms with van der Waals surface area (Å²) in [5.74, 6) is -1.65. The number of rotatable bonds is 2. The third-order valence-electron chi connectivity index (χ3n) is 4.77. The first-order chi connectivity index (χ1) is 10.6. The van der Waals surface area contributed by atoms with Crippen molar-refractivity contribution in [1.29, 1.82) is 0 Å². The van der Waals surface area contributed by atoms with Gasteiger partial charge in [-0.2, -0.15) is 5.01 Å². The number of imide groups is 1. The second-order valence-corrected chi connectivity index (χ2v) is 6.68. The Labute approximate surface area is 134 Å². The smallest absolute Gasteiger partial charge is 0.306 e. The van der Waals surface area contributed by atoms with Crippen molar-refractivity contribution in [3.05, 3.63) is 34.7 Å². The van der Waals surface area contributed by atoms with E-state index in [0.29, 0.717) is 4.67 Å². The lowest BCUT2D eigenvalue weighted by atomic mass is 9.63. The Morgan fingerprint density at radius 1 is 1.14 bits per heavy atom. The van der Waals surface area contributed by atoms with Crippen LogP contribution in [0.3, 0.4) is 0 Å². The Kier molecular flexibility index (Phi) is 3.00. The van der Waals surface area contributed by atoms with E-state index >= 15 is 0 Å². The molecule has 1 aromatic heterocycles. The van der Waals surface area contributed by atoms with Gasteiger partial charge in [0, 0.05) is 0 Å². The highest BCUT2D eigenvalue weighted by molar-refractivity contribution is 9.10. The van der Waals surface area contributed by atoms with E-state index in [9.17, 15) is 14.4 Å². The van der Waals surface area contributed by atoms with Crippen LogP contribution in [0.4, 0.5) is 0 Å². The first-order valence-electron chi connectivity index (χ1n) is 7.18. The van der Waals surface area contributed by atoms with Crippen LogP contribution in [0.25, 0.3) is 0 Å². The highest BCUT2D eigenvalue weighted by Crippen LogP contribution is 2.49. The third kappa shape index (κ3) is 1.88. The van der Waals surface area contributed by atoms with Crippen molar-refractivity contribution < 1.29 is 18.8 Å². The monoisotopic (exact) mass is 364 g/mol. The summed E-state index contributed by atoms with van der Waals surface area (Å²) in [5, 5.41) is 0.881. The fourth-order valence-corrected chi connectivity index (χ4v) is 4.08. The van der Waals surface area contributed by atoms with Gasteiger partial charge in [0.25, 0.3) is 11.8 Å². The van der Waals surface area contributed by atoms with Crippen molar-refractivity contribution in [2.45, 2.75) is 12.8 Å². The van der Waals surface area contributed by atoms with Crippen LogP contribution in [-0.2, 0) is 9.59 Å². The number of furan rings is 1. The van der Waals surface area contributed by atoms with Crippen molar-refractivity contribution in [2.24, 2.45) is 23.7 Å².